The van der Waals surface area contributed by atoms with Gasteiger partial charge in [-0.2, -0.15) is 0 Å². The van der Waals surface area contributed by atoms with Crippen LogP contribution < -0.4 is 15.4 Å². The standard InChI is InChI=1S/C27H54IN3O5S/c1-3-4-5-6-7-8-9-10-11-12-13-14-15-16-17-18-21-29-27(33)36-24-26(31-25(2)32)23-30-37(34,35)22-19-20-28/h26,30H,3-24H2,1-2H3,(H,29,33)(H,31,32). The third-order valence-electron chi connectivity index (χ3n) is 6.22. The van der Waals surface area contributed by atoms with Gasteiger partial charge < -0.3 is 15.4 Å². The van der Waals surface area contributed by atoms with Gasteiger partial charge in [0.25, 0.3) is 0 Å². The van der Waals surface area contributed by atoms with Gasteiger partial charge in [0.1, 0.15) is 6.61 Å². The molecule has 0 aromatic carbocycles. The highest BCUT2D eigenvalue weighted by molar-refractivity contribution is 14.1. The van der Waals surface area contributed by atoms with Crippen molar-refractivity contribution in [3.05, 3.63) is 0 Å². The van der Waals surface area contributed by atoms with Gasteiger partial charge in [-0.1, -0.05) is 126 Å². The lowest BCUT2D eigenvalue weighted by molar-refractivity contribution is -0.119. The lowest BCUT2D eigenvalue weighted by Crippen LogP contribution is -2.47. The number of hydrogen-bond donors (Lipinski definition) is 3. The van der Waals surface area contributed by atoms with Gasteiger partial charge in [0, 0.05) is 24.4 Å². The molecular formula is C27H54IN3O5S. The average Bonchev–Trinajstić information content (AvgIpc) is 2.86. The van der Waals surface area contributed by atoms with E-state index in [1.54, 1.807) is 0 Å². The van der Waals surface area contributed by atoms with E-state index in [2.05, 4.69) is 44.9 Å². The lowest BCUT2D eigenvalue weighted by atomic mass is 10.0. The number of carbonyl (C=O) groups excluding carboxylic acids is 2. The minimum absolute atomic E-state index is 0.0183. The third-order valence-corrected chi connectivity index (χ3v) is 8.41. The Morgan fingerprint density at radius 1 is 0.784 bits per heavy atom. The van der Waals surface area contributed by atoms with E-state index < -0.39 is 22.2 Å². The first-order valence-corrected chi connectivity index (χ1v) is 17.7. The maximum Gasteiger partial charge on any atom is 0.407 e. The molecule has 0 saturated heterocycles. The maximum absolute atomic E-state index is 12.0. The van der Waals surface area contributed by atoms with E-state index >= 15 is 0 Å². The molecule has 0 saturated carbocycles. The van der Waals surface area contributed by atoms with Crippen LogP contribution in [-0.4, -0.2) is 56.3 Å². The predicted octanol–water partition coefficient (Wildman–Crippen LogP) is 6.22. The van der Waals surface area contributed by atoms with Gasteiger partial charge in [0.05, 0.1) is 11.8 Å². The number of alkyl halides is 1. The molecule has 8 nitrogen and oxygen atoms in total. The number of nitrogens with one attached hydrogen (secondary N) is 3. The van der Waals surface area contributed by atoms with Crippen LogP contribution in [0, 0.1) is 0 Å². The number of amides is 2. The van der Waals surface area contributed by atoms with E-state index in [1.165, 1.54) is 96.8 Å². The van der Waals surface area contributed by atoms with Gasteiger partial charge >= 0.3 is 6.09 Å². The van der Waals surface area contributed by atoms with E-state index in [4.69, 9.17) is 4.74 Å². The second-order valence-corrected chi connectivity index (χ2v) is 12.9. The van der Waals surface area contributed by atoms with Crippen molar-refractivity contribution in [2.75, 3.05) is 29.9 Å². The highest BCUT2D eigenvalue weighted by Crippen LogP contribution is 2.13. The van der Waals surface area contributed by atoms with Gasteiger partial charge in [-0.25, -0.2) is 17.9 Å². The molecule has 0 fully saturated rings. The molecule has 0 spiro atoms. The number of hydrogen-bond acceptors (Lipinski definition) is 5. The Morgan fingerprint density at radius 3 is 1.73 bits per heavy atom. The molecule has 0 aromatic rings. The van der Waals surface area contributed by atoms with Crippen LogP contribution in [0.4, 0.5) is 4.79 Å². The number of ether oxygens (including phenoxy) is 1. The monoisotopic (exact) mass is 659 g/mol. The summed E-state index contributed by atoms with van der Waals surface area (Å²) < 4.78 is 32.3. The Balaban J connectivity index is 3.68. The van der Waals surface area contributed by atoms with E-state index in [1.807, 2.05) is 0 Å². The van der Waals surface area contributed by atoms with Crippen LogP contribution in [0.2, 0.25) is 0 Å². The topological polar surface area (TPSA) is 114 Å². The van der Waals surface area contributed by atoms with Crippen LogP contribution in [0.15, 0.2) is 0 Å². The summed E-state index contributed by atoms with van der Waals surface area (Å²) in [5.74, 6) is -0.280. The van der Waals surface area contributed by atoms with Crippen molar-refractivity contribution in [2.24, 2.45) is 0 Å². The average molecular weight is 660 g/mol. The zero-order valence-corrected chi connectivity index (χ0v) is 26.4. The molecule has 1 atom stereocenters. The van der Waals surface area contributed by atoms with Crippen LogP contribution in [0.1, 0.15) is 123 Å². The van der Waals surface area contributed by atoms with Gasteiger partial charge in [0.2, 0.25) is 15.9 Å². The summed E-state index contributed by atoms with van der Waals surface area (Å²) in [6.07, 6.45) is 20.9. The molecule has 0 bridgehead atoms. The quantitative estimate of drug-likeness (QED) is 0.0580. The fraction of sp³-hybridized carbons (Fsp3) is 0.926. The summed E-state index contributed by atoms with van der Waals surface area (Å²) in [5, 5.41) is 5.35. The molecule has 2 amide bonds. The Hall–Kier alpha value is -0.620. The van der Waals surface area contributed by atoms with Crippen molar-refractivity contribution in [1.82, 2.24) is 15.4 Å². The smallest absolute Gasteiger partial charge is 0.407 e. The molecule has 0 aromatic heterocycles. The summed E-state index contributed by atoms with van der Waals surface area (Å²) in [7, 11) is -3.41. The van der Waals surface area contributed by atoms with Crippen LogP contribution in [0.3, 0.4) is 0 Å². The van der Waals surface area contributed by atoms with Crippen molar-refractivity contribution in [1.29, 1.82) is 0 Å². The predicted molar refractivity (Wildman–Crippen MR) is 162 cm³/mol. The minimum atomic E-state index is -3.41. The molecule has 1 unspecified atom stereocenters. The first-order chi connectivity index (χ1) is 17.8. The Kier molecular flexibility index (Phi) is 25.2. The van der Waals surface area contributed by atoms with Crippen molar-refractivity contribution in [3.8, 4) is 0 Å². The van der Waals surface area contributed by atoms with Crippen LogP contribution in [-0.2, 0) is 19.6 Å². The van der Waals surface area contributed by atoms with Crippen molar-refractivity contribution in [2.45, 2.75) is 129 Å². The van der Waals surface area contributed by atoms with Crippen molar-refractivity contribution >= 4 is 44.6 Å². The zero-order chi connectivity index (χ0) is 27.6. The Labute approximate surface area is 240 Å². The summed E-state index contributed by atoms with van der Waals surface area (Å²) in [4.78, 5) is 23.3. The number of carbonyl (C=O) groups is 2. The van der Waals surface area contributed by atoms with E-state index in [-0.39, 0.29) is 24.8 Å². The normalized spacial score (nSPS) is 12.3. The molecule has 0 radical (unpaired) electrons. The summed E-state index contributed by atoms with van der Waals surface area (Å²) in [6.45, 7) is 4.04. The summed E-state index contributed by atoms with van der Waals surface area (Å²) >= 11 is 2.12. The lowest BCUT2D eigenvalue weighted by Gasteiger charge is -2.18. The first-order valence-electron chi connectivity index (χ1n) is 14.5. The van der Waals surface area contributed by atoms with Gasteiger partial charge in [-0.15, -0.1) is 0 Å². The molecule has 10 heteroatoms. The number of unbranched alkanes of at least 4 members (excludes halogenated alkanes) is 15. The minimum Gasteiger partial charge on any atom is -0.447 e. The van der Waals surface area contributed by atoms with E-state index in [0.29, 0.717) is 13.0 Å². The number of rotatable bonds is 26. The Bertz CT molecular complexity index is 664. The SMILES string of the molecule is CCCCCCCCCCCCCCCCCCNC(=O)OCC(CNS(=O)(=O)CCCI)NC(C)=O. The molecule has 0 heterocycles. The van der Waals surface area contributed by atoms with Gasteiger partial charge in [-0.3, -0.25) is 4.79 Å². The van der Waals surface area contributed by atoms with E-state index in [0.717, 1.165) is 17.3 Å². The number of sulfonamides is 1. The second-order valence-electron chi connectivity index (χ2n) is 9.94. The molecule has 0 aliphatic heterocycles. The molecule has 220 valence electrons. The van der Waals surface area contributed by atoms with Crippen LogP contribution in [0.5, 0.6) is 0 Å². The van der Waals surface area contributed by atoms with Gasteiger partial charge in [0.15, 0.2) is 0 Å². The zero-order valence-electron chi connectivity index (χ0n) is 23.5. The maximum atomic E-state index is 12.0. The second kappa shape index (κ2) is 25.6. The van der Waals surface area contributed by atoms with Crippen LogP contribution in [0.25, 0.3) is 0 Å². The molecule has 37 heavy (non-hydrogen) atoms. The fourth-order valence-corrected chi connectivity index (χ4v) is 6.10. The molecule has 0 aliphatic rings. The highest BCUT2D eigenvalue weighted by Gasteiger charge is 2.17. The van der Waals surface area contributed by atoms with E-state index in [9.17, 15) is 18.0 Å². The molecule has 0 aliphatic carbocycles. The molecule has 0 rings (SSSR count). The number of halogens is 1. The summed E-state index contributed by atoms with van der Waals surface area (Å²) in [6, 6.07) is -0.617. The first kappa shape index (κ1) is 36.4. The molecule has 3 N–H and O–H groups in total. The molecular weight excluding hydrogens is 605 g/mol. The number of alkyl carbamates (subject to hydrolysis) is 1. The van der Waals surface area contributed by atoms with Crippen LogP contribution >= 0.6 is 22.6 Å². The summed E-state index contributed by atoms with van der Waals surface area (Å²) in [5.41, 5.74) is 0. The Morgan fingerprint density at radius 2 is 1.27 bits per heavy atom. The third kappa shape index (κ3) is 26.8. The highest BCUT2D eigenvalue weighted by atomic mass is 127. The largest absolute Gasteiger partial charge is 0.447 e. The van der Waals surface area contributed by atoms with Crippen molar-refractivity contribution in [3.63, 3.8) is 0 Å². The van der Waals surface area contributed by atoms with Gasteiger partial charge in [-0.05, 0) is 12.8 Å². The fourth-order valence-electron chi connectivity index (χ4n) is 4.07. The van der Waals surface area contributed by atoms with Crippen molar-refractivity contribution < 1.29 is 22.7 Å².